The Labute approximate surface area is 321 Å². The average Bonchev–Trinajstić information content (AvgIpc) is 3.57. The Morgan fingerprint density at radius 1 is 0.364 bits per heavy atom. The number of fused-ring (bicyclic) bond motifs is 6. The molecule has 1 aliphatic rings. The molecule has 2 heterocycles. The summed E-state index contributed by atoms with van der Waals surface area (Å²) in [5.74, 6) is 1.92. The molecule has 4 nitrogen and oxygen atoms in total. The fourth-order valence-electron chi connectivity index (χ4n) is 8.57. The summed E-state index contributed by atoms with van der Waals surface area (Å²) < 4.78 is 2.33. The minimum Gasteiger partial charge on any atom is -0.309 e. The number of nitrogens with zero attached hydrogens (tertiary/aromatic N) is 4. The van der Waals surface area contributed by atoms with Gasteiger partial charge < -0.3 is 4.57 Å². The molecule has 0 spiro atoms. The molecule has 264 valence electrons. The van der Waals surface area contributed by atoms with E-state index in [1.165, 1.54) is 38.6 Å². The van der Waals surface area contributed by atoms with Crippen LogP contribution in [0, 0.1) is 0 Å². The van der Waals surface area contributed by atoms with E-state index in [0.717, 1.165) is 39.0 Å². The molecular formula is C51H40N4. The van der Waals surface area contributed by atoms with Gasteiger partial charge in [-0.2, -0.15) is 0 Å². The van der Waals surface area contributed by atoms with Gasteiger partial charge in [-0.05, 0) is 80.6 Å². The largest absolute Gasteiger partial charge is 0.309 e. The monoisotopic (exact) mass is 708 g/mol. The molecule has 0 bridgehead atoms. The van der Waals surface area contributed by atoms with Gasteiger partial charge in [-0.3, -0.25) is 0 Å². The van der Waals surface area contributed by atoms with Gasteiger partial charge in [-0.25, -0.2) is 15.0 Å². The zero-order valence-electron chi connectivity index (χ0n) is 31.5. The van der Waals surface area contributed by atoms with Crippen molar-refractivity contribution in [1.82, 2.24) is 19.5 Å². The van der Waals surface area contributed by atoms with Crippen molar-refractivity contribution in [3.63, 3.8) is 0 Å². The molecule has 2 aromatic heterocycles. The van der Waals surface area contributed by atoms with Gasteiger partial charge in [0.25, 0.3) is 0 Å². The highest BCUT2D eigenvalue weighted by Gasteiger charge is 2.45. The third-order valence-corrected chi connectivity index (χ3v) is 12.2. The maximum absolute atomic E-state index is 5.20. The first kappa shape index (κ1) is 33.0. The van der Waals surface area contributed by atoms with E-state index in [0.29, 0.717) is 17.5 Å². The van der Waals surface area contributed by atoms with Gasteiger partial charge in [0.15, 0.2) is 17.5 Å². The van der Waals surface area contributed by atoms with Crippen LogP contribution in [-0.4, -0.2) is 19.5 Å². The quantitative estimate of drug-likeness (QED) is 0.179. The molecule has 0 fully saturated rings. The Kier molecular flexibility index (Phi) is 7.47. The summed E-state index contributed by atoms with van der Waals surface area (Å²) in [6.07, 6.45) is 0. The van der Waals surface area contributed by atoms with Gasteiger partial charge in [0, 0.05) is 33.2 Å². The van der Waals surface area contributed by atoms with E-state index < -0.39 is 0 Å². The lowest BCUT2D eigenvalue weighted by molar-refractivity contribution is 0.299. The molecule has 0 saturated carbocycles. The van der Waals surface area contributed by atoms with E-state index in [1.54, 1.807) is 0 Å². The van der Waals surface area contributed by atoms with E-state index in [2.05, 4.69) is 184 Å². The van der Waals surface area contributed by atoms with Gasteiger partial charge in [0.1, 0.15) is 0 Å². The summed E-state index contributed by atoms with van der Waals surface area (Å²) in [6, 6.07) is 60.4. The Bertz CT molecular complexity index is 2920. The zero-order chi connectivity index (χ0) is 37.3. The van der Waals surface area contributed by atoms with Gasteiger partial charge >= 0.3 is 0 Å². The lowest BCUT2D eigenvalue weighted by atomic mass is 9.55. The number of aromatic nitrogens is 4. The fourth-order valence-corrected chi connectivity index (χ4v) is 8.57. The van der Waals surface area contributed by atoms with E-state index in [4.69, 9.17) is 15.0 Å². The Morgan fingerprint density at radius 3 is 1.67 bits per heavy atom. The molecule has 0 N–H and O–H groups in total. The first-order valence-corrected chi connectivity index (χ1v) is 19.0. The minimum atomic E-state index is -0.0781. The van der Waals surface area contributed by atoms with Crippen LogP contribution >= 0.6 is 0 Å². The summed E-state index contributed by atoms with van der Waals surface area (Å²) in [6.45, 7) is 9.53. The topological polar surface area (TPSA) is 43.6 Å². The lowest BCUT2D eigenvalue weighted by Crippen LogP contribution is -2.43. The van der Waals surface area contributed by atoms with Crippen LogP contribution in [0.25, 0.3) is 83.9 Å². The van der Waals surface area contributed by atoms with Crippen molar-refractivity contribution in [1.29, 1.82) is 0 Å². The second-order valence-corrected chi connectivity index (χ2v) is 15.7. The van der Waals surface area contributed by atoms with Crippen molar-refractivity contribution in [3.8, 4) is 62.1 Å². The predicted octanol–water partition coefficient (Wildman–Crippen LogP) is 12.9. The number of hydrogen-bond donors (Lipinski definition) is 0. The zero-order valence-corrected chi connectivity index (χ0v) is 31.5. The number of hydrogen-bond acceptors (Lipinski definition) is 3. The smallest absolute Gasteiger partial charge is 0.164 e. The second-order valence-electron chi connectivity index (χ2n) is 15.7. The maximum Gasteiger partial charge on any atom is 0.164 e. The first-order chi connectivity index (χ1) is 26.8. The molecule has 0 atom stereocenters. The Balaban J connectivity index is 1.12. The van der Waals surface area contributed by atoms with Gasteiger partial charge in [0.05, 0.1) is 11.0 Å². The van der Waals surface area contributed by atoms with E-state index in [9.17, 15) is 0 Å². The molecule has 10 rings (SSSR count). The Hall–Kier alpha value is -6.65. The molecule has 55 heavy (non-hydrogen) atoms. The highest BCUT2D eigenvalue weighted by molar-refractivity contribution is 6.10. The van der Waals surface area contributed by atoms with Crippen LogP contribution in [0.2, 0.25) is 0 Å². The molecule has 0 unspecified atom stereocenters. The molecule has 0 amide bonds. The van der Waals surface area contributed by atoms with Crippen LogP contribution in [0.15, 0.2) is 170 Å². The fraction of sp³-hybridized carbons (Fsp3) is 0.118. The standard InChI is InChI=1S/C51H40N4/c1-50(2)43-24-13-11-22-39(43)40-28-26-35(31-44(40)51(50,3)4)34-18-15-19-36(30-34)48-52-47(33-16-7-5-8-17-33)53-49(54-48)37-27-29-42-41-23-12-14-25-45(41)55(46(42)32-37)38-20-9-6-10-21-38/h5-32H,1-4H3. The molecule has 9 aromatic rings. The Morgan fingerprint density at radius 2 is 0.891 bits per heavy atom. The van der Waals surface area contributed by atoms with Crippen molar-refractivity contribution < 1.29 is 0 Å². The summed E-state index contributed by atoms with van der Waals surface area (Å²) in [5, 5.41) is 2.40. The molecule has 0 aliphatic heterocycles. The normalized spacial score (nSPS) is 14.1. The van der Waals surface area contributed by atoms with Crippen LogP contribution in [0.4, 0.5) is 0 Å². The summed E-state index contributed by atoms with van der Waals surface area (Å²) in [4.78, 5) is 15.4. The van der Waals surface area contributed by atoms with E-state index in [1.807, 2.05) is 18.2 Å². The SMILES string of the molecule is CC1(C)c2ccccc2-c2ccc(-c3cccc(-c4nc(-c5ccccc5)nc(-c5ccc6c7ccccc7n(-c7ccccc7)c6c5)n4)c3)cc2C1(C)C. The summed E-state index contributed by atoms with van der Waals surface area (Å²) in [7, 11) is 0. The van der Waals surface area contributed by atoms with Crippen LogP contribution in [-0.2, 0) is 10.8 Å². The van der Waals surface area contributed by atoms with Crippen LogP contribution in [0.5, 0.6) is 0 Å². The number of rotatable bonds is 5. The van der Waals surface area contributed by atoms with E-state index >= 15 is 0 Å². The van der Waals surface area contributed by atoms with E-state index in [-0.39, 0.29) is 10.8 Å². The molecule has 1 aliphatic carbocycles. The molecule has 0 saturated heterocycles. The third kappa shape index (κ3) is 5.24. The first-order valence-electron chi connectivity index (χ1n) is 19.0. The maximum atomic E-state index is 5.20. The number of benzene rings is 7. The van der Waals surface area contributed by atoms with Gasteiger partial charge in [0.2, 0.25) is 0 Å². The van der Waals surface area contributed by atoms with Gasteiger partial charge in [-0.15, -0.1) is 0 Å². The minimum absolute atomic E-state index is 0.0370. The number of para-hydroxylation sites is 2. The van der Waals surface area contributed by atoms with Crippen molar-refractivity contribution >= 4 is 21.8 Å². The predicted molar refractivity (Wildman–Crippen MR) is 227 cm³/mol. The second kappa shape index (κ2) is 12.5. The van der Waals surface area contributed by atoms with Gasteiger partial charge in [-0.1, -0.05) is 161 Å². The van der Waals surface area contributed by atoms with Crippen LogP contribution in [0.1, 0.15) is 38.8 Å². The third-order valence-electron chi connectivity index (χ3n) is 12.2. The van der Waals surface area contributed by atoms with Crippen molar-refractivity contribution in [3.05, 3.63) is 181 Å². The van der Waals surface area contributed by atoms with Crippen molar-refractivity contribution in [2.75, 3.05) is 0 Å². The van der Waals surface area contributed by atoms with Crippen LogP contribution < -0.4 is 0 Å². The molecule has 7 aromatic carbocycles. The average molecular weight is 709 g/mol. The lowest BCUT2D eigenvalue weighted by Gasteiger charge is -2.48. The van der Waals surface area contributed by atoms with Crippen molar-refractivity contribution in [2.45, 2.75) is 38.5 Å². The highest BCUT2D eigenvalue weighted by Crippen LogP contribution is 2.54. The highest BCUT2D eigenvalue weighted by atomic mass is 15.0. The summed E-state index contributed by atoms with van der Waals surface area (Å²) >= 11 is 0. The molecular weight excluding hydrogens is 669 g/mol. The van der Waals surface area contributed by atoms with Crippen molar-refractivity contribution in [2.24, 2.45) is 0 Å². The van der Waals surface area contributed by atoms with Crippen LogP contribution in [0.3, 0.4) is 0 Å². The summed E-state index contributed by atoms with van der Waals surface area (Å²) in [5.41, 5.74) is 13.8. The molecule has 0 radical (unpaired) electrons. The molecule has 4 heteroatoms.